The van der Waals surface area contributed by atoms with Crippen LogP contribution in [0, 0.1) is 0 Å². The van der Waals surface area contributed by atoms with Gasteiger partial charge in [0.25, 0.3) is 5.56 Å². The number of hydrogen-bond acceptors (Lipinski definition) is 4. The Morgan fingerprint density at radius 1 is 1.33 bits per heavy atom. The van der Waals surface area contributed by atoms with Gasteiger partial charge in [0.05, 0.1) is 23.0 Å². The van der Waals surface area contributed by atoms with Crippen molar-refractivity contribution in [2.45, 2.75) is 32.9 Å². The smallest absolute Gasteiger partial charge is 0.258 e. The first-order valence-corrected chi connectivity index (χ1v) is 5.84. The van der Waals surface area contributed by atoms with Gasteiger partial charge in [0.1, 0.15) is 5.82 Å². The quantitative estimate of drug-likeness (QED) is 0.811. The molecule has 0 saturated carbocycles. The maximum absolute atomic E-state index is 11.8. The molecule has 2 rings (SSSR count). The number of H-pyrrole nitrogens is 1. The fourth-order valence-electron chi connectivity index (χ4n) is 1.54. The number of nitrogens with zero attached hydrogens (tertiary/aromatic N) is 1. The Morgan fingerprint density at radius 3 is 2.78 bits per heavy atom. The Hall–Kier alpha value is -1.72. The van der Waals surface area contributed by atoms with Gasteiger partial charge < -0.3 is 4.98 Å². The lowest BCUT2D eigenvalue weighted by molar-refractivity contribution is -0.0765. The summed E-state index contributed by atoms with van der Waals surface area (Å²) in [7, 11) is 0. The lowest BCUT2D eigenvalue weighted by Gasteiger charge is -2.19. The van der Waals surface area contributed by atoms with Crippen LogP contribution in [0.2, 0.25) is 0 Å². The molecule has 1 heterocycles. The molecule has 18 heavy (non-hydrogen) atoms. The lowest BCUT2D eigenvalue weighted by Crippen LogP contribution is -2.30. The molecule has 2 aromatic rings. The molecule has 0 fully saturated rings. The molecule has 5 heteroatoms. The molecule has 0 bridgehead atoms. The first-order valence-electron chi connectivity index (χ1n) is 5.84. The molecule has 96 valence electrons. The van der Waals surface area contributed by atoms with Crippen LogP contribution < -0.4 is 11.0 Å². The molecule has 0 amide bonds. The number of nitrogens with one attached hydrogen (secondary N) is 2. The molecule has 1 aromatic carbocycles. The standard InChI is InChI=1S/C13H17N3O2/c1-13(2,3)18-14-8-11-15-10-7-5-4-6-9(10)12(17)16-11/h4-7,14H,8H2,1-3H3,(H,15,16,17). The fourth-order valence-corrected chi connectivity index (χ4v) is 1.54. The van der Waals surface area contributed by atoms with E-state index in [1.165, 1.54) is 0 Å². The number of aromatic amines is 1. The predicted octanol–water partition coefficient (Wildman–Crippen LogP) is 1.74. The number of aromatic nitrogens is 2. The van der Waals surface area contributed by atoms with Crippen molar-refractivity contribution in [2.24, 2.45) is 0 Å². The van der Waals surface area contributed by atoms with E-state index < -0.39 is 0 Å². The Labute approximate surface area is 105 Å². The van der Waals surface area contributed by atoms with E-state index in [4.69, 9.17) is 4.84 Å². The van der Waals surface area contributed by atoms with Crippen LogP contribution in [0.4, 0.5) is 0 Å². The molecule has 0 atom stereocenters. The van der Waals surface area contributed by atoms with Gasteiger partial charge in [-0.05, 0) is 32.9 Å². The van der Waals surface area contributed by atoms with Crippen molar-refractivity contribution in [1.29, 1.82) is 0 Å². The molecule has 0 aliphatic heterocycles. The van der Waals surface area contributed by atoms with E-state index in [1.807, 2.05) is 39.0 Å². The Bertz CT molecular complexity index is 599. The third kappa shape index (κ3) is 3.15. The second-order valence-electron chi connectivity index (χ2n) is 5.07. The Balaban J connectivity index is 2.17. The summed E-state index contributed by atoms with van der Waals surface area (Å²) in [6.07, 6.45) is 0. The molecule has 0 radical (unpaired) electrons. The van der Waals surface area contributed by atoms with Gasteiger partial charge in [0, 0.05) is 0 Å². The van der Waals surface area contributed by atoms with Crippen LogP contribution >= 0.6 is 0 Å². The van der Waals surface area contributed by atoms with Gasteiger partial charge in [-0.25, -0.2) is 4.98 Å². The average molecular weight is 247 g/mol. The van der Waals surface area contributed by atoms with Crippen LogP contribution in [0.3, 0.4) is 0 Å². The summed E-state index contributed by atoms with van der Waals surface area (Å²) < 4.78 is 0. The molecular weight excluding hydrogens is 230 g/mol. The minimum Gasteiger partial charge on any atom is -0.309 e. The summed E-state index contributed by atoms with van der Waals surface area (Å²) in [6, 6.07) is 7.25. The number of fused-ring (bicyclic) bond motifs is 1. The highest BCUT2D eigenvalue weighted by molar-refractivity contribution is 5.77. The van der Waals surface area contributed by atoms with Crippen LogP contribution in [-0.4, -0.2) is 15.6 Å². The van der Waals surface area contributed by atoms with Gasteiger partial charge in [0.15, 0.2) is 0 Å². The molecule has 2 N–H and O–H groups in total. The monoisotopic (exact) mass is 247 g/mol. The van der Waals surface area contributed by atoms with Crippen LogP contribution in [0.1, 0.15) is 26.6 Å². The molecule has 0 aliphatic rings. The molecule has 0 spiro atoms. The van der Waals surface area contributed by atoms with Crippen LogP contribution in [0.25, 0.3) is 10.9 Å². The van der Waals surface area contributed by atoms with Gasteiger partial charge >= 0.3 is 0 Å². The molecule has 5 nitrogen and oxygen atoms in total. The van der Waals surface area contributed by atoms with Gasteiger partial charge in [-0.15, -0.1) is 0 Å². The van der Waals surface area contributed by atoms with Gasteiger partial charge in [-0.1, -0.05) is 12.1 Å². The Kier molecular flexibility index (Phi) is 3.45. The summed E-state index contributed by atoms with van der Waals surface area (Å²) in [5.74, 6) is 0.558. The van der Waals surface area contributed by atoms with Crippen LogP contribution in [-0.2, 0) is 11.4 Å². The maximum Gasteiger partial charge on any atom is 0.258 e. The zero-order valence-electron chi connectivity index (χ0n) is 10.8. The van der Waals surface area contributed by atoms with Crippen molar-refractivity contribution in [3.8, 4) is 0 Å². The van der Waals surface area contributed by atoms with E-state index in [0.717, 1.165) is 0 Å². The second-order valence-corrected chi connectivity index (χ2v) is 5.07. The number of benzene rings is 1. The zero-order valence-corrected chi connectivity index (χ0v) is 10.8. The van der Waals surface area contributed by atoms with Gasteiger partial charge in [0.2, 0.25) is 0 Å². The van der Waals surface area contributed by atoms with Crippen molar-refractivity contribution in [1.82, 2.24) is 15.4 Å². The van der Waals surface area contributed by atoms with E-state index in [0.29, 0.717) is 23.3 Å². The molecule has 1 aromatic heterocycles. The highest BCUT2D eigenvalue weighted by Gasteiger charge is 2.10. The van der Waals surface area contributed by atoms with Crippen molar-refractivity contribution in [3.05, 3.63) is 40.4 Å². The molecule has 0 aliphatic carbocycles. The van der Waals surface area contributed by atoms with E-state index in [1.54, 1.807) is 6.07 Å². The fraction of sp³-hybridized carbons (Fsp3) is 0.385. The van der Waals surface area contributed by atoms with E-state index in [2.05, 4.69) is 15.4 Å². The summed E-state index contributed by atoms with van der Waals surface area (Å²) in [5.41, 5.74) is 3.08. The zero-order chi connectivity index (χ0) is 13.2. The minimum absolute atomic E-state index is 0.131. The summed E-state index contributed by atoms with van der Waals surface area (Å²) >= 11 is 0. The first kappa shape index (κ1) is 12.7. The largest absolute Gasteiger partial charge is 0.309 e. The van der Waals surface area contributed by atoms with Gasteiger partial charge in [-0.2, -0.15) is 5.48 Å². The lowest BCUT2D eigenvalue weighted by atomic mass is 10.2. The number of para-hydroxylation sites is 1. The number of rotatable bonds is 3. The maximum atomic E-state index is 11.8. The van der Waals surface area contributed by atoms with Crippen molar-refractivity contribution in [3.63, 3.8) is 0 Å². The molecular formula is C13H17N3O2. The van der Waals surface area contributed by atoms with Crippen LogP contribution in [0.15, 0.2) is 29.1 Å². The second kappa shape index (κ2) is 4.88. The van der Waals surface area contributed by atoms with Crippen molar-refractivity contribution < 1.29 is 4.84 Å². The third-order valence-electron chi connectivity index (χ3n) is 2.28. The normalized spacial score (nSPS) is 11.9. The summed E-state index contributed by atoms with van der Waals surface area (Å²) in [4.78, 5) is 24.3. The van der Waals surface area contributed by atoms with Crippen molar-refractivity contribution in [2.75, 3.05) is 0 Å². The average Bonchev–Trinajstić information content (AvgIpc) is 2.27. The number of hydroxylamine groups is 1. The Morgan fingerprint density at radius 2 is 2.06 bits per heavy atom. The highest BCUT2D eigenvalue weighted by atomic mass is 16.7. The van der Waals surface area contributed by atoms with E-state index >= 15 is 0 Å². The van der Waals surface area contributed by atoms with Crippen molar-refractivity contribution >= 4 is 10.9 Å². The molecule has 0 unspecified atom stereocenters. The SMILES string of the molecule is CC(C)(C)ONCc1nc2ccccc2c(=O)[nH]1. The summed E-state index contributed by atoms with van der Waals surface area (Å²) in [5, 5.41) is 0.595. The highest BCUT2D eigenvalue weighted by Crippen LogP contribution is 2.06. The minimum atomic E-state index is -0.281. The van der Waals surface area contributed by atoms with Gasteiger partial charge in [-0.3, -0.25) is 9.63 Å². The van der Waals surface area contributed by atoms with E-state index in [9.17, 15) is 4.79 Å². The molecule has 0 saturated heterocycles. The summed E-state index contributed by atoms with van der Waals surface area (Å²) in [6.45, 7) is 6.18. The first-order chi connectivity index (χ1) is 8.46. The van der Waals surface area contributed by atoms with E-state index in [-0.39, 0.29) is 11.2 Å². The topological polar surface area (TPSA) is 67.0 Å². The number of hydrogen-bond donors (Lipinski definition) is 2. The third-order valence-corrected chi connectivity index (χ3v) is 2.28. The van der Waals surface area contributed by atoms with Crippen LogP contribution in [0.5, 0.6) is 0 Å². The predicted molar refractivity (Wildman–Crippen MR) is 70.0 cm³/mol.